The van der Waals surface area contributed by atoms with E-state index >= 15 is 0 Å². The molecule has 0 bridgehead atoms. The smallest absolute Gasteiger partial charge is 0.0562 e. The van der Waals surface area contributed by atoms with Crippen molar-refractivity contribution in [2.24, 2.45) is 5.73 Å². The molecular formula is C13H14BrNS. The van der Waals surface area contributed by atoms with Crippen LogP contribution in [0.25, 0.3) is 0 Å². The number of halogens is 1. The summed E-state index contributed by atoms with van der Waals surface area (Å²) in [5, 5.41) is 4.18. The minimum Gasteiger partial charge on any atom is -0.320 e. The third-order valence-corrected chi connectivity index (χ3v) is 4.34. The Hall–Kier alpha value is -0.640. The lowest BCUT2D eigenvalue weighted by atomic mass is 9.96. The minimum absolute atomic E-state index is 0.0157. The van der Waals surface area contributed by atoms with Crippen LogP contribution in [0.3, 0.4) is 0 Å². The second kappa shape index (κ2) is 4.70. The van der Waals surface area contributed by atoms with Crippen molar-refractivity contribution >= 4 is 27.3 Å². The fourth-order valence-electron chi connectivity index (χ4n) is 1.77. The van der Waals surface area contributed by atoms with Crippen molar-refractivity contribution in [3.05, 3.63) is 55.7 Å². The first-order chi connectivity index (χ1) is 7.59. The molecule has 2 aromatic rings. The molecule has 2 N–H and O–H groups in total. The van der Waals surface area contributed by atoms with Gasteiger partial charge in [0.1, 0.15) is 0 Å². The average Bonchev–Trinajstić information content (AvgIpc) is 2.75. The molecule has 0 amide bonds. The number of benzene rings is 1. The molecule has 0 fully saturated rings. The summed E-state index contributed by atoms with van der Waals surface area (Å²) in [6.07, 6.45) is 0. The van der Waals surface area contributed by atoms with Crippen LogP contribution < -0.4 is 5.73 Å². The summed E-state index contributed by atoms with van der Waals surface area (Å²) in [6, 6.07) is 6.38. The normalized spacial score (nSPS) is 12.8. The van der Waals surface area contributed by atoms with Crippen LogP contribution in [-0.4, -0.2) is 0 Å². The second-order valence-electron chi connectivity index (χ2n) is 3.99. The van der Waals surface area contributed by atoms with E-state index in [9.17, 15) is 0 Å². The molecule has 1 unspecified atom stereocenters. The molecule has 0 aliphatic carbocycles. The lowest BCUT2D eigenvalue weighted by molar-refractivity contribution is 0.864. The maximum atomic E-state index is 6.27. The molecule has 16 heavy (non-hydrogen) atoms. The van der Waals surface area contributed by atoms with Crippen LogP contribution in [0.4, 0.5) is 0 Å². The molecule has 1 aromatic carbocycles. The molecule has 1 atom stereocenters. The molecule has 1 heterocycles. The molecule has 1 aromatic heterocycles. The highest BCUT2D eigenvalue weighted by Gasteiger charge is 2.13. The van der Waals surface area contributed by atoms with Crippen LogP contribution in [-0.2, 0) is 0 Å². The van der Waals surface area contributed by atoms with Gasteiger partial charge < -0.3 is 5.73 Å². The van der Waals surface area contributed by atoms with Crippen LogP contribution in [0, 0.1) is 13.8 Å². The maximum absolute atomic E-state index is 6.27. The van der Waals surface area contributed by atoms with Gasteiger partial charge in [-0.3, -0.25) is 0 Å². The number of nitrogens with two attached hydrogens (primary N) is 1. The fraction of sp³-hybridized carbons (Fsp3) is 0.231. The Morgan fingerprint density at radius 1 is 1.25 bits per heavy atom. The van der Waals surface area contributed by atoms with Gasteiger partial charge in [-0.1, -0.05) is 22.0 Å². The van der Waals surface area contributed by atoms with Gasteiger partial charge in [0.25, 0.3) is 0 Å². The first kappa shape index (κ1) is 11.8. The SMILES string of the molecule is Cc1cc(C(N)c2ccsc2)c(C)cc1Br. The summed E-state index contributed by atoms with van der Waals surface area (Å²) in [5.41, 5.74) is 11.1. The van der Waals surface area contributed by atoms with Gasteiger partial charge in [0, 0.05) is 4.47 Å². The zero-order chi connectivity index (χ0) is 11.7. The van der Waals surface area contributed by atoms with Crippen molar-refractivity contribution in [1.82, 2.24) is 0 Å². The molecule has 0 aliphatic heterocycles. The number of rotatable bonds is 2. The van der Waals surface area contributed by atoms with Gasteiger partial charge in [-0.15, -0.1) is 0 Å². The summed E-state index contributed by atoms with van der Waals surface area (Å²) in [4.78, 5) is 0. The molecule has 2 rings (SSSR count). The third-order valence-electron chi connectivity index (χ3n) is 2.78. The van der Waals surface area contributed by atoms with E-state index in [4.69, 9.17) is 5.73 Å². The zero-order valence-corrected chi connectivity index (χ0v) is 11.7. The fourth-order valence-corrected chi connectivity index (χ4v) is 2.92. The summed E-state index contributed by atoms with van der Waals surface area (Å²) >= 11 is 5.23. The van der Waals surface area contributed by atoms with E-state index in [1.807, 2.05) is 0 Å². The number of aryl methyl sites for hydroxylation is 2. The monoisotopic (exact) mass is 295 g/mol. The quantitative estimate of drug-likeness (QED) is 0.884. The Kier molecular flexibility index (Phi) is 3.47. The van der Waals surface area contributed by atoms with Gasteiger partial charge in [0.2, 0.25) is 0 Å². The second-order valence-corrected chi connectivity index (χ2v) is 5.63. The molecule has 0 saturated carbocycles. The lowest BCUT2D eigenvalue weighted by Crippen LogP contribution is -2.12. The van der Waals surface area contributed by atoms with Crippen molar-refractivity contribution in [1.29, 1.82) is 0 Å². The van der Waals surface area contributed by atoms with Crippen LogP contribution in [0.15, 0.2) is 33.4 Å². The Balaban J connectivity index is 2.44. The zero-order valence-electron chi connectivity index (χ0n) is 9.33. The van der Waals surface area contributed by atoms with Crippen LogP contribution in [0.2, 0.25) is 0 Å². The van der Waals surface area contributed by atoms with Crippen molar-refractivity contribution in [2.75, 3.05) is 0 Å². The van der Waals surface area contributed by atoms with E-state index in [-0.39, 0.29) is 6.04 Å². The van der Waals surface area contributed by atoms with Crippen LogP contribution in [0.5, 0.6) is 0 Å². The van der Waals surface area contributed by atoms with E-state index in [1.54, 1.807) is 11.3 Å². The van der Waals surface area contributed by atoms with E-state index in [0.717, 1.165) is 4.47 Å². The highest BCUT2D eigenvalue weighted by molar-refractivity contribution is 9.10. The Bertz CT molecular complexity index is 491. The lowest BCUT2D eigenvalue weighted by Gasteiger charge is -2.15. The van der Waals surface area contributed by atoms with E-state index < -0.39 is 0 Å². The summed E-state index contributed by atoms with van der Waals surface area (Å²) in [5.74, 6) is 0. The van der Waals surface area contributed by atoms with Crippen molar-refractivity contribution in [3.63, 3.8) is 0 Å². The molecule has 0 spiro atoms. The molecule has 84 valence electrons. The van der Waals surface area contributed by atoms with Crippen molar-refractivity contribution in [3.8, 4) is 0 Å². The van der Waals surface area contributed by atoms with Gasteiger partial charge in [-0.05, 0) is 59.0 Å². The Morgan fingerprint density at radius 3 is 2.62 bits per heavy atom. The predicted octanol–water partition coefficient (Wildman–Crippen LogP) is 4.18. The first-order valence-electron chi connectivity index (χ1n) is 5.14. The summed E-state index contributed by atoms with van der Waals surface area (Å²) < 4.78 is 1.14. The van der Waals surface area contributed by atoms with Gasteiger partial charge in [-0.2, -0.15) is 11.3 Å². The Morgan fingerprint density at radius 2 is 2.00 bits per heavy atom. The van der Waals surface area contributed by atoms with Gasteiger partial charge in [-0.25, -0.2) is 0 Å². The highest BCUT2D eigenvalue weighted by Crippen LogP contribution is 2.28. The molecule has 3 heteroatoms. The minimum atomic E-state index is -0.0157. The Labute approximate surface area is 108 Å². The van der Waals surface area contributed by atoms with Crippen LogP contribution in [0.1, 0.15) is 28.3 Å². The van der Waals surface area contributed by atoms with Crippen molar-refractivity contribution in [2.45, 2.75) is 19.9 Å². The molecule has 0 radical (unpaired) electrons. The number of hydrogen-bond donors (Lipinski definition) is 1. The van der Waals surface area contributed by atoms with E-state index in [0.29, 0.717) is 0 Å². The standard InChI is InChI=1S/C13H14BrNS/c1-8-6-12(14)9(2)5-11(8)13(15)10-3-4-16-7-10/h3-7,13H,15H2,1-2H3. The van der Waals surface area contributed by atoms with Gasteiger partial charge in [0.05, 0.1) is 6.04 Å². The maximum Gasteiger partial charge on any atom is 0.0562 e. The van der Waals surface area contributed by atoms with Gasteiger partial charge in [0.15, 0.2) is 0 Å². The largest absolute Gasteiger partial charge is 0.320 e. The molecule has 0 saturated heterocycles. The predicted molar refractivity (Wildman–Crippen MR) is 74.0 cm³/mol. The first-order valence-corrected chi connectivity index (χ1v) is 6.87. The van der Waals surface area contributed by atoms with Gasteiger partial charge >= 0.3 is 0 Å². The average molecular weight is 296 g/mol. The highest BCUT2D eigenvalue weighted by atomic mass is 79.9. The topological polar surface area (TPSA) is 26.0 Å². The van der Waals surface area contributed by atoms with E-state index in [2.05, 4.69) is 58.7 Å². The summed E-state index contributed by atoms with van der Waals surface area (Å²) in [6.45, 7) is 4.19. The number of thiophene rings is 1. The molecule has 1 nitrogen and oxygen atoms in total. The van der Waals surface area contributed by atoms with Crippen molar-refractivity contribution < 1.29 is 0 Å². The van der Waals surface area contributed by atoms with E-state index in [1.165, 1.54) is 22.3 Å². The summed E-state index contributed by atoms with van der Waals surface area (Å²) in [7, 11) is 0. The van der Waals surface area contributed by atoms with Crippen LogP contribution >= 0.6 is 27.3 Å². The third kappa shape index (κ3) is 2.21. The molecule has 0 aliphatic rings. The number of hydrogen-bond acceptors (Lipinski definition) is 2. The molecular weight excluding hydrogens is 282 g/mol.